The van der Waals surface area contributed by atoms with Crippen molar-refractivity contribution in [2.24, 2.45) is 0 Å². The molecule has 2 aromatic rings. The third-order valence-electron chi connectivity index (χ3n) is 1.99. The minimum atomic E-state index is -1.09. The standard InChI is InChI=1S/C8H8N4O2/c1-4-10-3-6-11-2-5(8(13)14)7(9)12(4)6/h2-3H,9H2,1H3,(H,13,14). The molecule has 6 heteroatoms. The molecule has 0 saturated heterocycles. The molecule has 0 radical (unpaired) electrons. The molecule has 0 aliphatic heterocycles. The van der Waals surface area contributed by atoms with Crippen LogP contribution in [0.4, 0.5) is 5.82 Å². The van der Waals surface area contributed by atoms with Gasteiger partial charge in [-0.05, 0) is 6.92 Å². The summed E-state index contributed by atoms with van der Waals surface area (Å²) < 4.78 is 1.50. The fraction of sp³-hybridized carbons (Fsp3) is 0.125. The van der Waals surface area contributed by atoms with Crippen LogP contribution >= 0.6 is 0 Å². The minimum Gasteiger partial charge on any atom is -0.478 e. The maximum atomic E-state index is 10.7. The smallest absolute Gasteiger partial charge is 0.340 e. The molecule has 6 nitrogen and oxygen atoms in total. The summed E-state index contributed by atoms with van der Waals surface area (Å²) in [7, 11) is 0. The van der Waals surface area contributed by atoms with Crippen molar-refractivity contribution in [3.05, 3.63) is 23.8 Å². The Morgan fingerprint density at radius 2 is 2.21 bits per heavy atom. The van der Waals surface area contributed by atoms with Crippen molar-refractivity contribution < 1.29 is 9.90 Å². The zero-order chi connectivity index (χ0) is 10.3. The first-order valence-corrected chi connectivity index (χ1v) is 3.93. The molecule has 0 aliphatic rings. The van der Waals surface area contributed by atoms with Crippen molar-refractivity contribution in [2.75, 3.05) is 5.73 Å². The SMILES string of the molecule is Cc1ncc2ncc(C(=O)O)c(N)n12. The Bertz CT molecular complexity index is 517. The number of anilines is 1. The number of hydrogen-bond acceptors (Lipinski definition) is 4. The lowest BCUT2D eigenvalue weighted by atomic mass is 10.3. The van der Waals surface area contributed by atoms with Crippen LogP contribution in [0.15, 0.2) is 12.4 Å². The number of fused-ring (bicyclic) bond motifs is 1. The van der Waals surface area contributed by atoms with Gasteiger partial charge in [0.15, 0.2) is 5.65 Å². The van der Waals surface area contributed by atoms with E-state index in [0.29, 0.717) is 11.5 Å². The highest BCUT2D eigenvalue weighted by molar-refractivity contribution is 5.92. The van der Waals surface area contributed by atoms with Gasteiger partial charge in [0, 0.05) is 6.20 Å². The predicted molar refractivity (Wildman–Crippen MR) is 49.1 cm³/mol. The van der Waals surface area contributed by atoms with Crippen LogP contribution in [0, 0.1) is 6.92 Å². The van der Waals surface area contributed by atoms with E-state index in [9.17, 15) is 4.79 Å². The number of nitrogen functional groups attached to an aromatic ring is 1. The molecule has 0 fully saturated rings. The number of aryl methyl sites for hydroxylation is 1. The molecular formula is C8H8N4O2. The Hall–Kier alpha value is -2.11. The number of carbonyl (C=O) groups is 1. The Balaban J connectivity index is 2.86. The monoisotopic (exact) mass is 192 g/mol. The minimum absolute atomic E-state index is 0.0152. The second kappa shape index (κ2) is 2.69. The summed E-state index contributed by atoms with van der Waals surface area (Å²) in [6.07, 6.45) is 2.77. The van der Waals surface area contributed by atoms with E-state index in [1.54, 1.807) is 6.92 Å². The van der Waals surface area contributed by atoms with Gasteiger partial charge in [0.25, 0.3) is 0 Å². The predicted octanol–water partition coefficient (Wildman–Crippen LogP) is 0.318. The number of nitrogens with two attached hydrogens (primary N) is 1. The van der Waals surface area contributed by atoms with Crippen LogP contribution in [0.2, 0.25) is 0 Å². The van der Waals surface area contributed by atoms with Crippen LogP contribution in [0.5, 0.6) is 0 Å². The van der Waals surface area contributed by atoms with Gasteiger partial charge in [0.05, 0.1) is 6.20 Å². The molecule has 0 unspecified atom stereocenters. The highest BCUT2D eigenvalue weighted by atomic mass is 16.4. The van der Waals surface area contributed by atoms with E-state index < -0.39 is 5.97 Å². The van der Waals surface area contributed by atoms with Crippen molar-refractivity contribution in [3.63, 3.8) is 0 Å². The van der Waals surface area contributed by atoms with Crippen molar-refractivity contribution in [3.8, 4) is 0 Å². The Kier molecular flexibility index (Phi) is 1.63. The number of nitrogens with zero attached hydrogens (tertiary/aromatic N) is 3. The lowest BCUT2D eigenvalue weighted by Gasteiger charge is -2.04. The average molecular weight is 192 g/mol. The van der Waals surface area contributed by atoms with Crippen LogP contribution in [0.25, 0.3) is 5.65 Å². The van der Waals surface area contributed by atoms with Crippen molar-refractivity contribution in [1.29, 1.82) is 0 Å². The molecule has 3 N–H and O–H groups in total. The zero-order valence-electron chi connectivity index (χ0n) is 7.43. The first-order chi connectivity index (χ1) is 6.61. The van der Waals surface area contributed by atoms with Crippen LogP contribution in [0.1, 0.15) is 16.2 Å². The lowest BCUT2D eigenvalue weighted by molar-refractivity contribution is 0.0697. The van der Waals surface area contributed by atoms with Gasteiger partial charge in [-0.3, -0.25) is 4.40 Å². The van der Waals surface area contributed by atoms with Crippen LogP contribution < -0.4 is 5.73 Å². The van der Waals surface area contributed by atoms with Gasteiger partial charge in [0.2, 0.25) is 0 Å². The quantitative estimate of drug-likeness (QED) is 0.678. The number of aromatic nitrogens is 3. The van der Waals surface area contributed by atoms with Crippen LogP contribution in [-0.4, -0.2) is 25.4 Å². The van der Waals surface area contributed by atoms with Gasteiger partial charge < -0.3 is 10.8 Å². The van der Waals surface area contributed by atoms with Crippen molar-refractivity contribution in [2.45, 2.75) is 6.92 Å². The van der Waals surface area contributed by atoms with E-state index in [0.717, 1.165) is 0 Å². The second-order valence-electron chi connectivity index (χ2n) is 2.86. The molecule has 72 valence electrons. The summed E-state index contributed by atoms with van der Waals surface area (Å²) in [6.45, 7) is 1.73. The van der Waals surface area contributed by atoms with E-state index in [-0.39, 0.29) is 11.4 Å². The van der Waals surface area contributed by atoms with E-state index in [4.69, 9.17) is 10.8 Å². The third-order valence-corrected chi connectivity index (χ3v) is 1.99. The maximum Gasteiger partial charge on any atom is 0.340 e. The van der Waals surface area contributed by atoms with E-state index in [1.807, 2.05) is 0 Å². The first-order valence-electron chi connectivity index (χ1n) is 3.93. The molecular weight excluding hydrogens is 184 g/mol. The van der Waals surface area contributed by atoms with E-state index >= 15 is 0 Å². The Morgan fingerprint density at radius 3 is 2.86 bits per heavy atom. The molecule has 2 heterocycles. The lowest BCUT2D eigenvalue weighted by Crippen LogP contribution is -2.09. The number of rotatable bonds is 1. The molecule has 0 spiro atoms. The van der Waals surface area contributed by atoms with Gasteiger partial charge in [-0.2, -0.15) is 0 Å². The molecule has 0 atom stereocenters. The molecule has 0 bridgehead atoms. The topological polar surface area (TPSA) is 93.5 Å². The average Bonchev–Trinajstić information content (AvgIpc) is 2.48. The number of hydrogen-bond donors (Lipinski definition) is 2. The summed E-state index contributed by atoms with van der Waals surface area (Å²) in [5.74, 6) is -0.324. The number of carboxylic acid groups (broad SMARTS) is 1. The molecule has 2 rings (SSSR count). The molecule has 2 aromatic heterocycles. The Morgan fingerprint density at radius 1 is 1.50 bits per heavy atom. The summed E-state index contributed by atoms with van der Waals surface area (Å²) in [5.41, 5.74) is 6.20. The zero-order valence-corrected chi connectivity index (χ0v) is 7.43. The van der Waals surface area contributed by atoms with Gasteiger partial charge in [-0.1, -0.05) is 0 Å². The number of carboxylic acids is 1. The Labute approximate surface area is 79.0 Å². The summed E-state index contributed by atoms with van der Waals surface area (Å²) in [6, 6.07) is 0. The first kappa shape index (κ1) is 8.49. The maximum absolute atomic E-state index is 10.7. The van der Waals surface area contributed by atoms with Crippen molar-refractivity contribution in [1.82, 2.24) is 14.4 Å². The van der Waals surface area contributed by atoms with Gasteiger partial charge in [-0.25, -0.2) is 14.8 Å². The molecule has 0 aromatic carbocycles. The third kappa shape index (κ3) is 1.00. The van der Waals surface area contributed by atoms with Crippen LogP contribution in [0.3, 0.4) is 0 Å². The van der Waals surface area contributed by atoms with Gasteiger partial charge in [0.1, 0.15) is 17.2 Å². The highest BCUT2D eigenvalue weighted by Crippen LogP contribution is 2.14. The molecule has 0 saturated carbocycles. The largest absolute Gasteiger partial charge is 0.478 e. The van der Waals surface area contributed by atoms with Gasteiger partial charge in [-0.15, -0.1) is 0 Å². The second-order valence-corrected chi connectivity index (χ2v) is 2.86. The molecule has 0 aliphatic carbocycles. The fourth-order valence-corrected chi connectivity index (χ4v) is 1.30. The van der Waals surface area contributed by atoms with Crippen LogP contribution in [-0.2, 0) is 0 Å². The number of aromatic carboxylic acids is 1. The van der Waals surface area contributed by atoms with Crippen molar-refractivity contribution >= 4 is 17.4 Å². The summed E-state index contributed by atoms with van der Waals surface area (Å²) in [5, 5.41) is 8.80. The van der Waals surface area contributed by atoms with Gasteiger partial charge >= 0.3 is 5.97 Å². The summed E-state index contributed by atoms with van der Waals surface area (Å²) in [4.78, 5) is 18.7. The van der Waals surface area contributed by atoms with E-state index in [1.165, 1.54) is 16.8 Å². The summed E-state index contributed by atoms with van der Waals surface area (Å²) >= 11 is 0. The van der Waals surface area contributed by atoms with E-state index in [2.05, 4.69) is 9.97 Å². The fourth-order valence-electron chi connectivity index (χ4n) is 1.30. The normalized spacial score (nSPS) is 10.6. The molecule has 0 amide bonds. The molecule has 14 heavy (non-hydrogen) atoms. The number of imidazole rings is 1. The highest BCUT2D eigenvalue weighted by Gasteiger charge is 2.13.